The van der Waals surface area contributed by atoms with Crippen molar-refractivity contribution in [1.82, 2.24) is 10.2 Å². The first kappa shape index (κ1) is 13.2. The van der Waals surface area contributed by atoms with Crippen LogP contribution in [0.3, 0.4) is 0 Å². The lowest BCUT2D eigenvalue weighted by atomic mass is 9.92. The van der Waals surface area contributed by atoms with Gasteiger partial charge in [-0.05, 0) is 46.5 Å². The Morgan fingerprint density at radius 3 is 2.50 bits per heavy atom. The van der Waals surface area contributed by atoms with Gasteiger partial charge < -0.3 is 15.0 Å². The number of carbonyl (C=O) groups excluding carboxylic acids is 2. The Balaban J connectivity index is 1.84. The molecule has 1 N–H and O–H groups in total. The lowest BCUT2D eigenvalue weighted by Crippen LogP contribution is -2.47. The van der Waals surface area contributed by atoms with Crippen molar-refractivity contribution >= 4 is 12.0 Å². The molecule has 1 unspecified atom stereocenters. The summed E-state index contributed by atoms with van der Waals surface area (Å²) in [6.07, 6.45) is 3.60. The van der Waals surface area contributed by atoms with E-state index in [1.807, 2.05) is 25.7 Å². The summed E-state index contributed by atoms with van der Waals surface area (Å²) in [6.45, 7) is 6.18. The van der Waals surface area contributed by atoms with Gasteiger partial charge in [0.2, 0.25) is 5.91 Å². The van der Waals surface area contributed by atoms with Gasteiger partial charge in [0.15, 0.2) is 0 Å². The number of rotatable bonds is 2. The number of carbonyl (C=O) groups is 2. The van der Waals surface area contributed by atoms with Gasteiger partial charge in [-0.1, -0.05) is 0 Å². The van der Waals surface area contributed by atoms with Crippen molar-refractivity contribution in [3.8, 4) is 0 Å². The van der Waals surface area contributed by atoms with Crippen molar-refractivity contribution in [2.75, 3.05) is 6.54 Å². The van der Waals surface area contributed by atoms with E-state index in [1.165, 1.54) is 6.42 Å². The maximum absolute atomic E-state index is 12.1. The van der Waals surface area contributed by atoms with Gasteiger partial charge in [-0.25, -0.2) is 4.79 Å². The molecule has 1 atom stereocenters. The van der Waals surface area contributed by atoms with E-state index in [1.54, 1.807) is 0 Å². The van der Waals surface area contributed by atoms with E-state index in [2.05, 4.69) is 5.32 Å². The first-order chi connectivity index (χ1) is 8.37. The number of ether oxygens (including phenoxy) is 1. The zero-order valence-corrected chi connectivity index (χ0v) is 11.4. The molecule has 5 heteroatoms. The molecule has 1 saturated carbocycles. The molecule has 0 aromatic rings. The minimum absolute atomic E-state index is 0.0468. The van der Waals surface area contributed by atoms with E-state index in [-0.39, 0.29) is 5.91 Å². The van der Waals surface area contributed by atoms with E-state index < -0.39 is 17.7 Å². The highest BCUT2D eigenvalue weighted by molar-refractivity contribution is 5.87. The highest BCUT2D eigenvalue weighted by atomic mass is 16.6. The van der Waals surface area contributed by atoms with Crippen LogP contribution < -0.4 is 5.32 Å². The van der Waals surface area contributed by atoms with Gasteiger partial charge in [0.1, 0.15) is 11.6 Å². The van der Waals surface area contributed by atoms with Gasteiger partial charge in [0, 0.05) is 12.6 Å². The fourth-order valence-electron chi connectivity index (χ4n) is 2.35. The number of alkyl carbamates (subject to hydrolysis) is 1. The topological polar surface area (TPSA) is 58.6 Å². The molecule has 2 aliphatic rings. The molecule has 0 spiro atoms. The summed E-state index contributed by atoms with van der Waals surface area (Å²) in [6, 6.07) is 0.00314. The number of nitrogens with zero attached hydrogens (tertiary/aromatic N) is 1. The van der Waals surface area contributed by atoms with Crippen LogP contribution in [0.25, 0.3) is 0 Å². The predicted molar refractivity (Wildman–Crippen MR) is 67.1 cm³/mol. The van der Waals surface area contributed by atoms with Gasteiger partial charge in [-0.3, -0.25) is 4.79 Å². The second kappa shape index (κ2) is 4.78. The third-order valence-corrected chi connectivity index (χ3v) is 3.45. The standard InChI is InChI=1S/C13H22N2O3/c1-13(2,3)18-12(17)14-10-7-8-15(11(10)16)9-5-4-6-9/h9-10H,4-8H2,1-3H3,(H,14,17). The summed E-state index contributed by atoms with van der Waals surface area (Å²) in [5, 5.41) is 2.67. The predicted octanol–water partition coefficient (Wildman–Crippen LogP) is 1.66. The Morgan fingerprint density at radius 1 is 1.33 bits per heavy atom. The molecule has 102 valence electrons. The minimum Gasteiger partial charge on any atom is -0.444 e. The van der Waals surface area contributed by atoms with Gasteiger partial charge in [0.05, 0.1) is 0 Å². The maximum atomic E-state index is 12.1. The Morgan fingerprint density at radius 2 is 2.00 bits per heavy atom. The molecule has 18 heavy (non-hydrogen) atoms. The van der Waals surface area contributed by atoms with Crippen molar-refractivity contribution in [2.45, 2.75) is 64.1 Å². The lowest BCUT2D eigenvalue weighted by Gasteiger charge is -2.34. The molecule has 2 rings (SSSR count). The van der Waals surface area contributed by atoms with Crippen LogP contribution in [0, 0.1) is 0 Å². The SMILES string of the molecule is CC(C)(C)OC(=O)NC1CCN(C2CCC2)C1=O. The third-order valence-electron chi connectivity index (χ3n) is 3.45. The molecule has 1 saturated heterocycles. The average molecular weight is 254 g/mol. The highest BCUT2D eigenvalue weighted by Crippen LogP contribution is 2.28. The quantitative estimate of drug-likeness (QED) is 0.815. The van der Waals surface area contributed by atoms with Crippen molar-refractivity contribution in [3.05, 3.63) is 0 Å². The molecule has 1 heterocycles. The van der Waals surface area contributed by atoms with E-state index >= 15 is 0 Å². The second-order valence-electron chi connectivity index (χ2n) is 6.10. The molecule has 0 aromatic heterocycles. The molecule has 0 aromatic carbocycles. The number of hydrogen-bond donors (Lipinski definition) is 1. The molecule has 2 amide bonds. The van der Waals surface area contributed by atoms with E-state index in [0.29, 0.717) is 12.5 Å². The monoisotopic (exact) mass is 254 g/mol. The van der Waals surface area contributed by atoms with E-state index in [0.717, 1.165) is 19.4 Å². The maximum Gasteiger partial charge on any atom is 0.408 e. The van der Waals surface area contributed by atoms with Crippen LogP contribution in [0.4, 0.5) is 4.79 Å². The smallest absolute Gasteiger partial charge is 0.408 e. The molecule has 0 radical (unpaired) electrons. The van der Waals surface area contributed by atoms with Crippen LogP contribution in [-0.4, -0.2) is 41.1 Å². The summed E-state index contributed by atoms with van der Waals surface area (Å²) in [5.74, 6) is 0.0468. The first-order valence-corrected chi connectivity index (χ1v) is 6.67. The normalized spacial score (nSPS) is 24.9. The van der Waals surface area contributed by atoms with Gasteiger partial charge >= 0.3 is 6.09 Å². The summed E-state index contributed by atoms with van der Waals surface area (Å²) < 4.78 is 5.16. The van der Waals surface area contributed by atoms with Crippen LogP contribution in [0.1, 0.15) is 46.5 Å². The molecule has 0 bridgehead atoms. The van der Waals surface area contributed by atoms with Gasteiger partial charge in [0.25, 0.3) is 0 Å². The van der Waals surface area contributed by atoms with Crippen LogP contribution >= 0.6 is 0 Å². The van der Waals surface area contributed by atoms with Crippen molar-refractivity contribution in [3.63, 3.8) is 0 Å². The van der Waals surface area contributed by atoms with E-state index in [4.69, 9.17) is 4.74 Å². The minimum atomic E-state index is -0.528. The number of nitrogens with one attached hydrogen (secondary N) is 1. The third kappa shape index (κ3) is 2.94. The number of likely N-dealkylation sites (tertiary alicyclic amines) is 1. The molecule has 2 fully saturated rings. The fraction of sp³-hybridized carbons (Fsp3) is 0.846. The summed E-state index contributed by atoms with van der Waals surface area (Å²) in [4.78, 5) is 25.6. The summed E-state index contributed by atoms with van der Waals surface area (Å²) >= 11 is 0. The van der Waals surface area contributed by atoms with E-state index in [9.17, 15) is 9.59 Å². The molecule has 1 aliphatic carbocycles. The fourth-order valence-corrected chi connectivity index (χ4v) is 2.35. The molecule has 5 nitrogen and oxygen atoms in total. The second-order valence-corrected chi connectivity index (χ2v) is 6.10. The number of hydrogen-bond acceptors (Lipinski definition) is 3. The van der Waals surface area contributed by atoms with Crippen LogP contribution in [0.15, 0.2) is 0 Å². The zero-order valence-electron chi connectivity index (χ0n) is 11.4. The Bertz CT molecular complexity index is 345. The van der Waals surface area contributed by atoms with Crippen LogP contribution in [0.5, 0.6) is 0 Å². The van der Waals surface area contributed by atoms with Crippen LogP contribution in [-0.2, 0) is 9.53 Å². The lowest BCUT2D eigenvalue weighted by molar-refractivity contribution is -0.132. The first-order valence-electron chi connectivity index (χ1n) is 6.67. The van der Waals surface area contributed by atoms with Crippen molar-refractivity contribution in [2.24, 2.45) is 0 Å². The largest absolute Gasteiger partial charge is 0.444 e. The Kier molecular flexibility index (Phi) is 3.50. The highest BCUT2D eigenvalue weighted by Gasteiger charge is 2.39. The Hall–Kier alpha value is -1.26. The average Bonchev–Trinajstić information content (AvgIpc) is 2.44. The van der Waals surface area contributed by atoms with Gasteiger partial charge in [-0.15, -0.1) is 0 Å². The molecular formula is C13H22N2O3. The molecular weight excluding hydrogens is 232 g/mol. The van der Waals surface area contributed by atoms with Crippen LogP contribution in [0.2, 0.25) is 0 Å². The number of amides is 2. The van der Waals surface area contributed by atoms with Gasteiger partial charge in [-0.2, -0.15) is 0 Å². The zero-order chi connectivity index (χ0) is 13.3. The summed E-state index contributed by atoms with van der Waals surface area (Å²) in [5.41, 5.74) is -0.528. The van der Waals surface area contributed by atoms with Crippen molar-refractivity contribution in [1.29, 1.82) is 0 Å². The summed E-state index contributed by atoms with van der Waals surface area (Å²) in [7, 11) is 0. The van der Waals surface area contributed by atoms with Crippen molar-refractivity contribution < 1.29 is 14.3 Å². The molecule has 1 aliphatic heterocycles. The Labute approximate surface area is 108 Å².